The second kappa shape index (κ2) is 5.66. The van der Waals surface area contributed by atoms with Crippen LogP contribution in [0, 0.1) is 5.92 Å². The molecule has 7 heteroatoms. The Morgan fingerprint density at radius 1 is 1.10 bits per heavy atom. The summed E-state index contributed by atoms with van der Waals surface area (Å²) in [5.74, 6) is -4.17. The molecule has 1 saturated heterocycles. The molecule has 2 rings (SSSR count). The molecule has 0 saturated carbocycles. The van der Waals surface area contributed by atoms with Crippen LogP contribution in [-0.4, -0.2) is 23.6 Å². The number of urea groups is 1. The Balaban J connectivity index is 2.16. The van der Waals surface area contributed by atoms with Gasteiger partial charge in [-0.15, -0.1) is 0 Å². The average Bonchev–Trinajstić information content (AvgIpc) is 2.36. The van der Waals surface area contributed by atoms with Crippen molar-refractivity contribution in [1.29, 1.82) is 0 Å². The van der Waals surface area contributed by atoms with E-state index in [0.717, 1.165) is 6.08 Å². The molecule has 1 aliphatic heterocycles. The van der Waals surface area contributed by atoms with Gasteiger partial charge in [-0.1, -0.05) is 29.8 Å². The summed E-state index contributed by atoms with van der Waals surface area (Å²) in [6, 6.07) is 5.85. The number of allylic oxidation sites excluding steroid dienone is 1. The lowest BCUT2D eigenvalue weighted by Gasteiger charge is -2.18. The van der Waals surface area contributed by atoms with E-state index in [1.54, 1.807) is 24.3 Å². The topological polar surface area (TPSA) is 92.3 Å². The highest BCUT2D eigenvalue weighted by Crippen LogP contribution is 2.17. The van der Waals surface area contributed by atoms with Gasteiger partial charge in [-0.05, 0) is 23.8 Å². The standard InChI is InChI=1S/C13H9ClN2O4/c14-8-4-2-1-3-7(8)5-6-9(17)10-11(18)15-13(20)16-12(10)19/h1-6,10H,(H2,15,16,18,19,20)/b6-5+. The molecule has 0 atom stereocenters. The van der Waals surface area contributed by atoms with Crippen molar-refractivity contribution in [3.05, 3.63) is 40.9 Å². The maximum Gasteiger partial charge on any atom is 0.328 e. The molecule has 6 nitrogen and oxygen atoms in total. The van der Waals surface area contributed by atoms with Crippen LogP contribution in [0.5, 0.6) is 0 Å². The van der Waals surface area contributed by atoms with Crippen molar-refractivity contribution in [3.63, 3.8) is 0 Å². The predicted molar refractivity (Wildman–Crippen MR) is 70.7 cm³/mol. The van der Waals surface area contributed by atoms with Gasteiger partial charge in [0, 0.05) is 5.02 Å². The van der Waals surface area contributed by atoms with Gasteiger partial charge in [0.25, 0.3) is 0 Å². The molecule has 0 aliphatic carbocycles. The summed E-state index contributed by atoms with van der Waals surface area (Å²) in [5, 5.41) is 4.15. The predicted octanol–water partition coefficient (Wildman–Crippen LogP) is 0.905. The molecule has 0 unspecified atom stereocenters. The third-order valence-electron chi connectivity index (χ3n) is 2.61. The van der Waals surface area contributed by atoms with Crippen molar-refractivity contribution < 1.29 is 19.2 Å². The van der Waals surface area contributed by atoms with Crippen molar-refractivity contribution >= 4 is 41.3 Å². The first-order chi connectivity index (χ1) is 9.49. The van der Waals surface area contributed by atoms with Crippen LogP contribution in [0.4, 0.5) is 4.79 Å². The minimum Gasteiger partial charge on any atom is -0.293 e. The summed E-state index contributed by atoms with van der Waals surface area (Å²) in [6.45, 7) is 0. The number of nitrogens with one attached hydrogen (secondary N) is 2. The quantitative estimate of drug-likeness (QED) is 0.639. The van der Waals surface area contributed by atoms with Crippen LogP contribution < -0.4 is 10.6 Å². The Morgan fingerprint density at radius 2 is 1.70 bits per heavy atom. The van der Waals surface area contributed by atoms with Gasteiger partial charge in [0.1, 0.15) is 0 Å². The molecule has 1 aromatic carbocycles. The van der Waals surface area contributed by atoms with E-state index in [4.69, 9.17) is 11.6 Å². The van der Waals surface area contributed by atoms with E-state index in [1.165, 1.54) is 6.08 Å². The number of carbonyl (C=O) groups excluding carboxylic acids is 4. The number of hydrogen-bond acceptors (Lipinski definition) is 4. The molecular formula is C13H9ClN2O4. The fourth-order valence-electron chi connectivity index (χ4n) is 1.66. The van der Waals surface area contributed by atoms with Gasteiger partial charge in [0.05, 0.1) is 0 Å². The van der Waals surface area contributed by atoms with E-state index in [9.17, 15) is 19.2 Å². The van der Waals surface area contributed by atoms with Crippen molar-refractivity contribution in [3.8, 4) is 0 Å². The van der Waals surface area contributed by atoms with Crippen molar-refractivity contribution in [1.82, 2.24) is 10.6 Å². The van der Waals surface area contributed by atoms with Crippen LogP contribution >= 0.6 is 11.6 Å². The molecule has 0 spiro atoms. The third kappa shape index (κ3) is 2.92. The molecule has 20 heavy (non-hydrogen) atoms. The van der Waals surface area contributed by atoms with Gasteiger partial charge in [0.2, 0.25) is 11.8 Å². The lowest BCUT2D eigenvalue weighted by Crippen LogP contribution is -2.57. The molecule has 4 amide bonds. The second-order valence-electron chi connectivity index (χ2n) is 4.00. The largest absolute Gasteiger partial charge is 0.328 e. The molecule has 1 fully saturated rings. The van der Waals surface area contributed by atoms with E-state index < -0.39 is 29.5 Å². The Labute approximate surface area is 118 Å². The van der Waals surface area contributed by atoms with Crippen molar-refractivity contribution in [2.24, 2.45) is 5.92 Å². The summed E-state index contributed by atoms with van der Waals surface area (Å²) in [5.41, 5.74) is 0.579. The van der Waals surface area contributed by atoms with Gasteiger partial charge < -0.3 is 0 Å². The van der Waals surface area contributed by atoms with Crippen LogP contribution in [-0.2, 0) is 14.4 Å². The highest BCUT2D eigenvalue weighted by atomic mass is 35.5. The lowest BCUT2D eigenvalue weighted by atomic mass is 9.99. The number of imide groups is 2. The zero-order chi connectivity index (χ0) is 14.7. The summed E-state index contributed by atoms with van der Waals surface area (Å²) >= 11 is 5.90. The van der Waals surface area contributed by atoms with Crippen LogP contribution in [0.3, 0.4) is 0 Å². The second-order valence-corrected chi connectivity index (χ2v) is 4.41. The molecule has 1 aromatic rings. The summed E-state index contributed by atoms with van der Waals surface area (Å²) in [4.78, 5) is 45.6. The number of carbonyl (C=O) groups is 4. The Kier molecular flexibility index (Phi) is 3.95. The number of barbiturate groups is 1. The summed E-state index contributed by atoms with van der Waals surface area (Å²) < 4.78 is 0. The maximum atomic E-state index is 11.8. The fraction of sp³-hybridized carbons (Fsp3) is 0.0769. The number of halogens is 1. The van der Waals surface area contributed by atoms with Crippen LogP contribution in [0.1, 0.15) is 5.56 Å². The van der Waals surface area contributed by atoms with Crippen LogP contribution in [0.2, 0.25) is 5.02 Å². The van der Waals surface area contributed by atoms with Crippen LogP contribution in [0.25, 0.3) is 6.08 Å². The number of benzene rings is 1. The Hall–Kier alpha value is -2.47. The molecule has 0 aromatic heterocycles. The van der Waals surface area contributed by atoms with Crippen molar-refractivity contribution in [2.75, 3.05) is 0 Å². The van der Waals surface area contributed by atoms with Gasteiger partial charge in [-0.25, -0.2) is 4.79 Å². The SMILES string of the molecule is O=C1NC(=O)C(C(=O)/C=C/c2ccccc2Cl)C(=O)N1. The van der Waals surface area contributed by atoms with Gasteiger partial charge in [0.15, 0.2) is 11.7 Å². The minimum absolute atomic E-state index is 0.435. The van der Waals surface area contributed by atoms with Gasteiger partial charge in [-0.2, -0.15) is 0 Å². The zero-order valence-corrected chi connectivity index (χ0v) is 10.8. The van der Waals surface area contributed by atoms with E-state index >= 15 is 0 Å². The third-order valence-corrected chi connectivity index (χ3v) is 2.96. The van der Waals surface area contributed by atoms with Gasteiger partial charge in [-0.3, -0.25) is 25.0 Å². The molecule has 1 heterocycles. The summed E-state index contributed by atoms with van der Waals surface area (Å²) in [7, 11) is 0. The normalized spacial score (nSPS) is 16.1. The summed E-state index contributed by atoms with van der Waals surface area (Å²) in [6.07, 6.45) is 2.49. The smallest absolute Gasteiger partial charge is 0.293 e. The molecular weight excluding hydrogens is 284 g/mol. The molecule has 0 bridgehead atoms. The maximum absolute atomic E-state index is 11.8. The number of amides is 4. The highest BCUT2D eigenvalue weighted by molar-refractivity contribution is 6.32. The monoisotopic (exact) mass is 292 g/mol. The van der Waals surface area contributed by atoms with Gasteiger partial charge >= 0.3 is 6.03 Å². The number of hydrogen-bond donors (Lipinski definition) is 2. The average molecular weight is 293 g/mol. The Morgan fingerprint density at radius 3 is 2.30 bits per heavy atom. The number of rotatable bonds is 3. The molecule has 102 valence electrons. The number of ketones is 1. The van der Waals surface area contributed by atoms with E-state index in [1.807, 2.05) is 10.6 Å². The minimum atomic E-state index is -1.56. The highest BCUT2D eigenvalue weighted by Gasteiger charge is 2.38. The van der Waals surface area contributed by atoms with Crippen molar-refractivity contribution in [2.45, 2.75) is 0 Å². The molecule has 1 aliphatic rings. The first-order valence-electron chi connectivity index (χ1n) is 5.61. The molecule has 2 N–H and O–H groups in total. The lowest BCUT2D eigenvalue weighted by molar-refractivity contribution is -0.140. The first-order valence-corrected chi connectivity index (χ1v) is 5.99. The van der Waals surface area contributed by atoms with E-state index in [2.05, 4.69) is 0 Å². The fourth-order valence-corrected chi connectivity index (χ4v) is 1.85. The van der Waals surface area contributed by atoms with E-state index in [-0.39, 0.29) is 0 Å². The zero-order valence-electron chi connectivity index (χ0n) is 10.1. The Bertz CT molecular complexity index is 619. The first kappa shape index (κ1) is 14.0. The molecule has 0 radical (unpaired) electrons. The van der Waals surface area contributed by atoms with Crippen LogP contribution in [0.15, 0.2) is 30.3 Å². The van der Waals surface area contributed by atoms with E-state index in [0.29, 0.717) is 10.6 Å².